The second-order valence-electron chi connectivity index (χ2n) is 5.91. The number of hydrogen-bond donors (Lipinski definition) is 2. The fourth-order valence-corrected chi connectivity index (χ4v) is 3.94. The van der Waals surface area contributed by atoms with Crippen molar-refractivity contribution >= 4 is 27.8 Å². The van der Waals surface area contributed by atoms with Crippen LogP contribution in [0.3, 0.4) is 0 Å². The molecule has 0 aliphatic heterocycles. The molecule has 2 aliphatic carbocycles. The summed E-state index contributed by atoms with van der Waals surface area (Å²) in [5.41, 5.74) is 8.22. The summed E-state index contributed by atoms with van der Waals surface area (Å²) in [4.78, 5) is 12.8. The average Bonchev–Trinajstić information content (AvgIpc) is 3.26. The number of Topliss-reactive ketones (excluding diaryl/α,β-unsaturated/α-hetero) is 1. The van der Waals surface area contributed by atoms with Gasteiger partial charge in [-0.05, 0) is 44.4 Å². The lowest BCUT2D eigenvalue weighted by atomic mass is 10.1. The smallest absolute Gasteiger partial charge is 0.174 e. The lowest BCUT2D eigenvalue weighted by molar-refractivity contribution is 0.0993. The minimum Gasteiger partial charge on any atom is -0.397 e. The number of hydrogen-bond acceptors (Lipinski definition) is 4. The average molecular weight is 278 g/mol. The van der Waals surface area contributed by atoms with E-state index in [-0.39, 0.29) is 5.78 Å². The maximum absolute atomic E-state index is 12.0. The SMILES string of the molecule is CCC(=O)c1sc(NC(C)C2CC2)c(C2CC2)c1N. The van der Waals surface area contributed by atoms with Crippen molar-refractivity contribution in [3.05, 3.63) is 10.4 Å². The van der Waals surface area contributed by atoms with E-state index in [2.05, 4.69) is 12.2 Å². The van der Waals surface area contributed by atoms with Gasteiger partial charge in [0.15, 0.2) is 5.78 Å². The third-order valence-corrected chi connectivity index (χ3v) is 5.42. The topological polar surface area (TPSA) is 55.1 Å². The molecule has 4 heteroatoms. The Bertz CT molecular complexity index is 500. The third-order valence-electron chi connectivity index (χ3n) is 4.23. The van der Waals surface area contributed by atoms with Gasteiger partial charge >= 0.3 is 0 Å². The van der Waals surface area contributed by atoms with Gasteiger partial charge in [0, 0.05) is 18.0 Å². The summed E-state index contributed by atoms with van der Waals surface area (Å²) in [6.07, 6.45) is 5.62. The van der Waals surface area contributed by atoms with Gasteiger partial charge < -0.3 is 11.1 Å². The van der Waals surface area contributed by atoms with E-state index < -0.39 is 0 Å². The van der Waals surface area contributed by atoms with Crippen molar-refractivity contribution in [2.45, 2.75) is 57.9 Å². The molecule has 0 spiro atoms. The molecule has 1 heterocycles. The lowest BCUT2D eigenvalue weighted by Crippen LogP contribution is -2.17. The highest BCUT2D eigenvalue weighted by atomic mass is 32.1. The molecule has 2 fully saturated rings. The molecule has 1 aromatic rings. The minimum absolute atomic E-state index is 0.177. The number of nitrogens with one attached hydrogen (secondary N) is 1. The quantitative estimate of drug-likeness (QED) is 0.773. The molecule has 1 atom stereocenters. The monoisotopic (exact) mass is 278 g/mol. The summed E-state index contributed by atoms with van der Waals surface area (Å²) in [5, 5.41) is 4.78. The maximum Gasteiger partial charge on any atom is 0.174 e. The second-order valence-corrected chi connectivity index (χ2v) is 6.93. The fourth-order valence-electron chi connectivity index (χ4n) is 2.63. The van der Waals surface area contributed by atoms with E-state index in [1.165, 1.54) is 31.2 Å². The van der Waals surface area contributed by atoms with Crippen LogP contribution in [0.2, 0.25) is 0 Å². The highest BCUT2D eigenvalue weighted by Crippen LogP contribution is 2.51. The zero-order chi connectivity index (χ0) is 13.6. The first kappa shape index (κ1) is 13.0. The van der Waals surface area contributed by atoms with Crippen molar-refractivity contribution in [2.75, 3.05) is 11.1 Å². The highest BCUT2D eigenvalue weighted by Gasteiger charge is 2.34. The Morgan fingerprint density at radius 2 is 2.11 bits per heavy atom. The summed E-state index contributed by atoms with van der Waals surface area (Å²) < 4.78 is 0. The molecule has 1 aromatic heterocycles. The molecule has 0 aromatic carbocycles. The van der Waals surface area contributed by atoms with E-state index in [1.807, 2.05) is 6.92 Å². The van der Waals surface area contributed by atoms with Gasteiger partial charge in [0.1, 0.15) is 0 Å². The molecule has 0 bridgehead atoms. The first-order valence-electron chi connectivity index (χ1n) is 7.33. The van der Waals surface area contributed by atoms with Crippen LogP contribution in [0, 0.1) is 5.92 Å². The normalized spacial score (nSPS) is 20.3. The van der Waals surface area contributed by atoms with E-state index in [0.29, 0.717) is 18.4 Å². The van der Waals surface area contributed by atoms with Crippen LogP contribution in [0.1, 0.15) is 67.1 Å². The van der Waals surface area contributed by atoms with Gasteiger partial charge in [0.25, 0.3) is 0 Å². The second kappa shape index (κ2) is 4.82. The van der Waals surface area contributed by atoms with Gasteiger partial charge in [0.05, 0.1) is 15.6 Å². The van der Waals surface area contributed by atoms with Gasteiger partial charge in [-0.1, -0.05) is 6.92 Å². The van der Waals surface area contributed by atoms with Crippen LogP contribution in [-0.2, 0) is 0 Å². The summed E-state index contributed by atoms with van der Waals surface area (Å²) in [6, 6.07) is 0.500. The molecule has 3 N–H and O–H groups in total. The maximum atomic E-state index is 12.0. The zero-order valence-corrected chi connectivity index (χ0v) is 12.5. The number of ketones is 1. The van der Waals surface area contributed by atoms with Crippen LogP contribution < -0.4 is 11.1 Å². The van der Waals surface area contributed by atoms with Crippen molar-refractivity contribution in [3.63, 3.8) is 0 Å². The number of carbonyl (C=O) groups excluding carboxylic acids is 1. The number of nitrogens with two attached hydrogens (primary N) is 1. The van der Waals surface area contributed by atoms with Gasteiger partial charge in [-0.2, -0.15) is 0 Å². The Balaban J connectivity index is 1.90. The van der Waals surface area contributed by atoms with E-state index >= 15 is 0 Å². The predicted octanol–water partition coefficient (Wildman–Crippen LogP) is 4.01. The van der Waals surface area contributed by atoms with Crippen LogP contribution in [0.15, 0.2) is 0 Å². The minimum atomic E-state index is 0.177. The number of anilines is 2. The largest absolute Gasteiger partial charge is 0.397 e. The number of thiophene rings is 1. The van der Waals surface area contributed by atoms with Crippen LogP contribution in [-0.4, -0.2) is 11.8 Å². The summed E-state index contributed by atoms with van der Waals surface area (Å²) in [5.74, 6) is 1.57. The van der Waals surface area contributed by atoms with Gasteiger partial charge in [0.2, 0.25) is 0 Å². The lowest BCUT2D eigenvalue weighted by Gasteiger charge is -2.14. The fraction of sp³-hybridized carbons (Fsp3) is 0.667. The van der Waals surface area contributed by atoms with Crippen molar-refractivity contribution in [2.24, 2.45) is 5.92 Å². The van der Waals surface area contributed by atoms with Crippen LogP contribution in [0.25, 0.3) is 0 Å². The van der Waals surface area contributed by atoms with Crippen molar-refractivity contribution in [3.8, 4) is 0 Å². The summed E-state index contributed by atoms with van der Waals surface area (Å²) >= 11 is 1.57. The molecule has 19 heavy (non-hydrogen) atoms. The van der Waals surface area contributed by atoms with Crippen LogP contribution >= 0.6 is 11.3 Å². The Kier molecular flexibility index (Phi) is 3.29. The van der Waals surface area contributed by atoms with Crippen molar-refractivity contribution < 1.29 is 4.79 Å². The number of rotatable bonds is 6. The molecule has 0 radical (unpaired) electrons. The number of carbonyl (C=O) groups is 1. The molecular weight excluding hydrogens is 256 g/mol. The first-order chi connectivity index (χ1) is 9.11. The van der Waals surface area contributed by atoms with E-state index in [9.17, 15) is 4.79 Å². The third kappa shape index (κ3) is 2.50. The summed E-state index contributed by atoms with van der Waals surface area (Å²) in [6.45, 7) is 4.14. The van der Waals surface area contributed by atoms with Gasteiger partial charge in [-0.3, -0.25) is 4.79 Å². The van der Waals surface area contributed by atoms with E-state index in [4.69, 9.17) is 5.73 Å². The Morgan fingerprint density at radius 1 is 1.42 bits per heavy atom. The van der Waals surface area contributed by atoms with Crippen LogP contribution in [0.5, 0.6) is 0 Å². The zero-order valence-electron chi connectivity index (χ0n) is 11.7. The molecular formula is C15H22N2OS. The van der Waals surface area contributed by atoms with Gasteiger partial charge in [-0.25, -0.2) is 0 Å². The molecule has 3 rings (SSSR count). The van der Waals surface area contributed by atoms with E-state index in [0.717, 1.165) is 21.5 Å². The van der Waals surface area contributed by atoms with Crippen LogP contribution in [0.4, 0.5) is 10.7 Å². The molecule has 104 valence electrons. The van der Waals surface area contributed by atoms with Crippen molar-refractivity contribution in [1.82, 2.24) is 0 Å². The molecule has 2 saturated carbocycles. The van der Waals surface area contributed by atoms with E-state index in [1.54, 1.807) is 11.3 Å². The number of nitrogen functional groups attached to an aromatic ring is 1. The molecule has 1 unspecified atom stereocenters. The molecule has 3 nitrogen and oxygen atoms in total. The molecule has 2 aliphatic rings. The van der Waals surface area contributed by atoms with Gasteiger partial charge in [-0.15, -0.1) is 11.3 Å². The Labute approximate surface area is 118 Å². The molecule has 0 saturated heterocycles. The summed E-state index contributed by atoms with van der Waals surface area (Å²) in [7, 11) is 0. The Morgan fingerprint density at radius 3 is 2.63 bits per heavy atom. The highest BCUT2D eigenvalue weighted by molar-refractivity contribution is 7.18. The Hall–Kier alpha value is -1.03. The molecule has 0 amide bonds. The standard InChI is InChI=1S/C15H22N2OS/c1-3-11(18)14-13(16)12(10-6-7-10)15(19-14)17-8(2)9-4-5-9/h8-10,17H,3-7,16H2,1-2H3. The predicted molar refractivity (Wildman–Crippen MR) is 81.1 cm³/mol. The van der Waals surface area contributed by atoms with Crippen molar-refractivity contribution in [1.29, 1.82) is 0 Å². The first-order valence-corrected chi connectivity index (χ1v) is 8.15.